The van der Waals surface area contributed by atoms with Crippen LogP contribution in [0.2, 0.25) is 5.02 Å². The topological polar surface area (TPSA) is 83.2 Å². The van der Waals surface area contributed by atoms with Gasteiger partial charge in [-0.2, -0.15) is 4.98 Å². The van der Waals surface area contributed by atoms with E-state index in [1.807, 2.05) is 52.1 Å². The van der Waals surface area contributed by atoms with Gasteiger partial charge in [0, 0.05) is 37.3 Å². The monoisotopic (exact) mass is 456 g/mol. The molecule has 31 heavy (non-hydrogen) atoms. The van der Waals surface area contributed by atoms with Crippen molar-refractivity contribution in [2.24, 2.45) is 0 Å². The number of nitrogens with zero attached hydrogens (tertiary/aromatic N) is 5. The van der Waals surface area contributed by atoms with Crippen molar-refractivity contribution in [2.45, 2.75) is 6.67 Å². The summed E-state index contributed by atoms with van der Waals surface area (Å²) in [5.74, 6) is 0.698. The van der Waals surface area contributed by atoms with Crippen molar-refractivity contribution < 1.29 is 4.92 Å². The van der Waals surface area contributed by atoms with Gasteiger partial charge in [-0.05, 0) is 36.0 Å². The van der Waals surface area contributed by atoms with Crippen LogP contribution in [0.3, 0.4) is 0 Å². The molecule has 8 nitrogen and oxygen atoms in total. The minimum atomic E-state index is -0.387. The molecule has 2 aromatic carbocycles. The highest BCUT2D eigenvalue weighted by molar-refractivity contribution is 7.71. The molecule has 0 bridgehead atoms. The van der Waals surface area contributed by atoms with Crippen LogP contribution in [0.5, 0.6) is 0 Å². The average Bonchev–Trinajstić information content (AvgIpc) is 3.12. The highest BCUT2D eigenvalue weighted by Gasteiger charge is 2.24. The number of nitrogens with one attached hydrogen (secondary N) is 1. The Bertz CT molecular complexity index is 1150. The summed E-state index contributed by atoms with van der Waals surface area (Å²) in [4.78, 5) is 19.7. The van der Waals surface area contributed by atoms with Crippen molar-refractivity contribution in [1.82, 2.24) is 19.7 Å². The molecule has 160 valence electrons. The van der Waals surface area contributed by atoms with Gasteiger partial charge in [0.15, 0.2) is 0 Å². The minimum Gasteiger partial charge on any atom is -0.363 e. The Morgan fingerprint density at radius 1 is 1.13 bits per heavy atom. The first kappa shape index (κ1) is 21.2. The third-order valence-electron chi connectivity index (χ3n) is 5.12. The lowest BCUT2D eigenvalue weighted by Crippen LogP contribution is -2.47. The number of piperazine rings is 1. The molecule has 0 saturated carbocycles. The second kappa shape index (κ2) is 9.42. The number of H-pyrrole nitrogens is 1. The first-order valence-corrected chi connectivity index (χ1v) is 10.6. The molecule has 2 heterocycles. The largest absolute Gasteiger partial charge is 0.363 e. The van der Waals surface area contributed by atoms with Crippen LogP contribution in [0.25, 0.3) is 12.2 Å². The number of benzene rings is 2. The fraction of sp³-hybridized carbons (Fsp3) is 0.238. The molecule has 10 heteroatoms. The maximum atomic E-state index is 11.4. The first-order chi connectivity index (χ1) is 15.0. The van der Waals surface area contributed by atoms with Gasteiger partial charge in [-0.3, -0.25) is 20.1 Å². The minimum absolute atomic E-state index is 0.0339. The number of rotatable bonds is 6. The van der Waals surface area contributed by atoms with Crippen molar-refractivity contribution in [2.75, 3.05) is 31.1 Å². The van der Waals surface area contributed by atoms with Gasteiger partial charge in [0.05, 0.1) is 11.6 Å². The number of hydrogen-bond acceptors (Lipinski definition) is 6. The van der Waals surface area contributed by atoms with Gasteiger partial charge in [-0.1, -0.05) is 48.0 Å². The van der Waals surface area contributed by atoms with Crippen LogP contribution in [0.1, 0.15) is 11.4 Å². The lowest BCUT2D eigenvalue weighted by Gasteiger charge is -2.35. The second-order valence-electron chi connectivity index (χ2n) is 7.20. The first-order valence-electron chi connectivity index (χ1n) is 9.81. The van der Waals surface area contributed by atoms with E-state index in [2.05, 4.69) is 15.0 Å². The summed E-state index contributed by atoms with van der Waals surface area (Å²) in [6.45, 7) is 3.42. The fourth-order valence-corrected chi connectivity index (χ4v) is 3.89. The Morgan fingerprint density at radius 2 is 1.87 bits per heavy atom. The molecule has 1 saturated heterocycles. The van der Waals surface area contributed by atoms with Gasteiger partial charge < -0.3 is 4.90 Å². The standard InChI is InChI=1S/C21H21ClN6O2S/c22-17-7-8-18(19(14-17)28(29)30)26-12-10-25(11-13-26)15-27-21(31)23-20(24-27)9-6-16-4-2-1-3-5-16/h1-9,14H,10-13,15H2,(H,23,24,31)/b9-6+. The second-order valence-corrected chi connectivity index (χ2v) is 8.00. The van der Waals surface area contributed by atoms with Crippen molar-refractivity contribution in [3.63, 3.8) is 0 Å². The molecule has 3 aromatic rings. The van der Waals surface area contributed by atoms with E-state index in [0.717, 1.165) is 18.7 Å². The molecule has 0 aliphatic carbocycles. The Morgan fingerprint density at radius 3 is 2.58 bits per heavy atom. The lowest BCUT2D eigenvalue weighted by molar-refractivity contribution is -0.384. The summed E-state index contributed by atoms with van der Waals surface area (Å²) in [6, 6.07) is 14.8. The predicted octanol–water partition coefficient (Wildman–Crippen LogP) is 4.45. The number of halogens is 1. The van der Waals surface area contributed by atoms with Crippen molar-refractivity contribution >= 4 is 47.3 Å². The lowest BCUT2D eigenvalue weighted by atomic mass is 10.2. The van der Waals surface area contributed by atoms with Crippen LogP contribution in [0, 0.1) is 14.9 Å². The van der Waals surface area contributed by atoms with E-state index in [1.54, 1.807) is 12.1 Å². The van der Waals surface area contributed by atoms with Crippen LogP contribution >= 0.6 is 23.8 Å². The number of nitro benzene ring substituents is 1. The summed E-state index contributed by atoms with van der Waals surface area (Å²) in [5.41, 5.74) is 1.72. The summed E-state index contributed by atoms with van der Waals surface area (Å²) < 4.78 is 2.32. The zero-order valence-corrected chi connectivity index (χ0v) is 18.2. The van der Waals surface area contributed by atoms with Crippen LogP contribution in [-0.4, -0.2) is 50.8 Å². The van der Waals surface area contributed by atoms with E-state index in [4.69, 9.17) is 23.8 Å². The third kappa shape index (κ3) is 5.19. The molecular weight excluding hydrogens is 436 g/mol. The van der Waals surface area contributed by atoms with Crippen molar-refractivity contribution in [3.8, 4) is 0 Å². The average molecular weight is 457 g/mol. The SMILES string of the molecule is O=[N+]([O-])c1cc(Cl)ccc1N1CCN(Cn2[nH]c(/C=C/c3ccccc3)nc2=S)CC1. The maximum absolute atomic E-state index is 11.4. The molecule has 0 spiro atoms. The molecule has 0 radical (unpaired) electrons. The van der Waals surface area contributed by atoms with Crippen molar-refractivity contribution in [3.05, 3.63) is 79.8 Å². The molecule has 0 amide bonds. The normalized spacial score (nSPS) is 14.9. The molecule has 0 unspecified atom stereocenters. The zero-order valence-electron chi connectivity index (χ0n) is 16.6. The maximum Gasteiger partial charge on any atom is 0.294 e. The number of anilines is 1. The van der Waals surface area contributed by atoms with Gasteiger partial charge in [-0.15, -0.1) is 0 Å². The van der Waals surface area contributed by atoms with Gasteiger partial charge >= 0.3 is 0 Å². The van der Waals surface area contributed by atoms with Crippen LogP contribution < -0.4 is 4.90 Å². The summed E-state index contributed by atoms with van der Waals surface area (Å²) in [5, 5.41) is 15.0. The highest BCUT2D eigenvalue weighted by Crippen LogP contribution is 2.31. The van der Waals surface area contributed by atoms with Crippen LogP contribution in [0.4, 0.5) is 11.4 Å². The van der Waals surface area contributed by atoms with Gasteiger partial charge in [-0.25, -0.2) is 4.68 Å². The quantitative estimate of drug-likeness (QED) is 0.335. The number of nitro groups is 1. The summed E-state index contributed by atoms with van der Waals surface area (Å²) in [6.07, 6.45) is 3.88. The van der Waals surface area contributed by atoms with E-state index in [1.165, 1.54) is 6.07 Å². The molecule has 1 aliphatic rings. The molecule has 1 N–H and O–H groups in total. The van der Waals surface area contributed by atoms with E-state index < -0.39 is 0 Å². The number of aromatic nitrogens is 3. The van der Waals surface area contributed by atoms with E-state index >= 15 is 0 Å². The predicted molar refractivity (Wildman–Crippen MR) is 125 cm³/mol. The van der Waals surface area contributed by atoms with Gasteiger partial charge in [0.1, 0.15) is 11.5 Å². The Hall–Kier alpha value is -3.01. The summed E-state index contributed by atoms with van der Waals surface area (Å²) in [7, 11) is 0. The Labute approximate surface area is 189 Å². The Balaban J connectivity index is 1.39. The van der Waals surface area contributed by atoms with E-state index in [0.29, 0.717) is 41.1 Å². The molecule has 1 aromatic heterocycles. The summed E-state index contributed by atoms with van der Waals surface area (Å²) >= 11 is 11.3. The molecule has 4 rings (SSSR count). The van der Waals surface area contributed by atoms with Gasteiger partial charge in [0.2, 0.25) is 4.77 Å². The number of hydrogen-bond donors (Lipinski definition) is 1. The fourth-order valence-electron chi connectivity index (χ4n) is 3.52. The number of aromatic amines is 1. The molecule has 0 atom stereocenters. The molecule has 1 fully saturated rings. The van der Waals surface area contributed by atoms with E-state index in [9.17, 15) is 10.1 Å². The molecule has 1 aliphatic heterocycles. The van der Waals surface area contributed by atoms with Gasteiger partial charge in [0.25, 0.3) is 5.69 Å². The smallest absolute Gasteiger partial charge is 0.294 e. The third-order valence-corrected chi connectivity index (χ3v) is 5.67. The molecular formula is C21H21ClN6O2S. The van der Waals surface area contributed by atoms with Crippen LogP contribution in [0.15, 0.2) is 48.5 Å². The van der Waals surface area contributed by atoms with E-state index in [-0.39, 0.29) is 10.6 Å². The highest BCUT2D eigenvalue weighted by atomic mass is 35.5. The van der Waals surface area contributed by atoms with Crippen molar-refractivity contribution in [1.29, 1.82) is 0 Å². The Kier molecular flexibility index (Phi) is 6.45. The zero-order chi connectivity index (χ0) is 21.8. The van der Waals surface area contributed by atoms with Crippen LogP contribution in [-0.2, 0) is 6.67 Å².